The third kappa shape index (κ3) is 1.83. The molecule has 7 unspecified atom stereocenters. The van der Waals surface area contributed by atoms with Gasteiger partial charge in [-0.25, -0.2) is 0 Å². The molecule has 28 heavy (non-hydrogen) atoms. The number of fused-ring (bicyclic) bond motifs is 1. The average molecular weight is 385 g/mol. The average Bonchev–Trinajstić information content (AvgIpc) is 2.96. The van der Waals surface area contributed by atoms with Crippen LogP contribution >= 0.6 is 0 Å². The van der Waals surface area contributed by atoms with Crippen LogP contribution < -0.4 is 0 Å². The molecule has 2 aliphatic carbocycles. The summed E-state index contributed by atoms with van der Waals surface area (Å²) in [4.78, 5) is 0. The number of phenols is 1. The van der Waals surface area contributed by atoms with Crippen LogP contribution in [0.2, 0.25) is 0 Å². The Labute approximate surface area is 167 Å². The summed E-state index contributed by atoms with van der Waals surface area (Å²) in [5, 5.41) is 21.6. The highest BCUT2D eigenvalue weighted by atomic mass is 16.7. The van der Waals surface area contributed by atoms with Gasteiger partial charge in [0.1, 0.15) is 17.5 Å². The van der Waals surface area contributed by atoms with Crippen molar-refractivity contribution in [2.75, 3.05) is 0 Å². The van der Waals surface area contributed by atoms with Crippen molar-refractivity contribution in [3.63, 3.8) is 0 Å². The van der Waals surface area contributed by atoms with E-state index in [0.717, 1.165) is 29.5 Å². The molecule has 2 heterocycles. The fourth-order valence-corrected chi connectivity index (χ4v) is 6.82. The van der Waals surface area contributed by atoms with Gasteiger partial charge in [-0.1, -0.05) is 39.0 Å². The van der Waals surface area contributed by atoms with Crippen molar-refractivity contribution in [1.29, 1.82) is 0 Å². The van der Waals surface area contributed by atoms with Crippen molar-refractivity contribution in [2.24, 2.45) is 23.2 Å². The zero-order valence-corrected chi connectivity index (χ0v) is 17.7. The highest BCUT2D eigenvalue weighted by molar-refractivity contribution is 5.67. The smallest absolute Gasteiger partial charge is 0.199 e. The summed E-state index contributed by atoms with van der Waals surface area (Å²) in [6, 6.07) is 3.80. The Bertz CT molecular complexity index is 889. The number of aliphatic hydroxyl groups excluding tert-OH is 1. The van der Waals surface area contributed by atoms with Crippen molar-refractivity contribution in [3.05, 3.63) is 34.9 Å². The molecule has 152 valence electrons. The third-order valence-corrected chi connectivity index (χ3v) is 8.94. The largest absolute Gasteiger partial charge is 0.508 e. The molecule has 0 radical (unpaired) electrons. The van der Waals surface area contributed by atoms with Gasteiger partial charge < -0.3 is 19.7 Å². The fraction of sp³-hybridized carbons (Fsp3) is 0.667. The number of hydrogen-bond acceptors (Lipinski definition) is 4. The van der Waals surface area contributed by atoms with Crippen molar-refractivity contribution in [3.8, 4) is 5.75 Å². The van der Waals surface area contributed by atoms with E-state index in [9.17, 15) is 10.2 Å². The van der Waals surface area contributed by atoms with E-state index in [1.165, 1.54) is 0 Å². The Balaban J connectivity index is 1.74. The SMILES string of the molecule is Cc1c(O)ccc2c1C=CC1(C)C3CCC21OC1(OC(C)(C)C(C)C1O)C3C. The monoisotopic (exact) mass is 384 g/mol. The van der Waals surface area contributed by atoms with Gasteiger partial charge in [0.15, 0.2) is 5.79 Å². The Kier molecular flexibility index (Phi) is 3.47. The van der Waals surface area contributed by atoms with E-state index in [1.807, 2.05) is 13.0 Å². The minimum absolute atomic E-state index is 0.0183. The number of aliphatic hydroxyl groups is 1. The summed E-state index contributed by atoms with van der Waals surface area (Å²) in [5.74, 6) is -0.274. The second-order valence-electron chi connectivity index (χ2n) is 10.3. The van der Waals surface area contributed by atoms with Crippen LogP contribution in [0.1, 0.15) is 64.2 Å². The minimum atomic E-state index is -1.00. The van der Waals surface area contributed by atoms with Gasteiger partial charge in [0, 0.05) is 17.3 Å². The van der Waals surface area contributed by atoms with E-state index in [-0.39, 0.29) is 17.3 Å². The number of hydrogen-bond donors (Lipinski definition) is 2. The third-order valence-electron chi connectivity index (χ3n) is 8.94. The van der Waals surface area contributed by atoms with E-state index < -0.39 is 23.1 Å². The molecule has 4 heteroatoms. The van der Waals surface area contributed by atoms with Crippen molar-refractivity contribution in [2.45, 2.75) is 77.5 Å². The fourth-order valence-electron chi connectivity index (χ4n) is 6.82. The maximum atomic E-state index is 11.4. The molecule has 2 saturated heterocycles. The molecule has 3 fully saturated rings. The molecule has 5 rings (SSSR count). The summed E-state index contributed by atoms with van der Waals surface area (Å²) < 4.78 is 13.7. The van der Waals surface area contributed by atoms with E-state index >= 15 is 0 Å². The van der Waals surface area contributed by atoms with Crippen LogP contribution in [0.5, 0.6) is 5.75 Å². The van der Waals surface area contributed by atoms with Crippen LogP contribution in [0, 0.1) is 30.1 Å². The van der Waals surface area contributed by atoms with Gasteiger partial charge in [-0.05, 0) is 62.3 Å². The maximum absolute atomic E-state index is 11.4. The van der Waals surface area contributed by atoms with E-state index in [4.69, 9.17) is 9.47 Å². The quantitative estimate of drug-likeness (QED) is 0.691. The van der Waals surface area contributed by atoms with Gasteiger partial charge in [0.2, 0.25) is 0 Å². The molecule has 0 amide bonds. The van der Waals surface area contributed by atoms with Crippen molar-refractivity contribution >= 4 is 6.08 Å². The van der Waals surface area contributed by atoms with Crippen molar-refractivity contribution < 1.29 is 19.7 Å². The summed E-state index contributed by atoms with van der Waals surface area (Å²) in [5.41, 5.74) is 1.89. The highest BCUT2D eigenvalue weighted by Gasteiger charge is 2.74. The zero-order valence-electron chi connectivity index (χ0n) is 17.7. The number of phenolic OH excluding ortho intramolecular Hbond substituents is 1. The number of benzene rings is 1. The summed E-state index contributed by atoms with van der Waals surface area (Å²) in [7, 11) is 0. The van der Waals surface area contributed by atoms with Gasteiger partial charge in [-0.3, -0.25) is 0 Å². The topological polar surface area (TPSA) is 58.9 Å². The molecule has 0 aromatic heterocycles. The molecule has 2 bridgehead atoms. The van der Waals surface area contributed by atoms with E-state index in [1.54, 1.807) is 6.07 Å². The molecule has 2 N–H and O–H groups in total. The van der Waals surface area contributed by atoms with Gasteiger partial charge in [0.05, 0.1) is 5.60 Å². The Morgan fingerprint density at radius 2 is 1.79 bits per heavy atom. The summed E-state index contributed by atoms with van der Waals surface area (Å²) in [6.07, 6.45) is 5.71. The molecule has 4 aliphatic rings. The molecular weight excluding hydrogens is 352 g/mol. The van der Waals surface area contributed by atoms with Gasteiger partial charge >= 0.3 is 0 Å². The first kappa shape index (κ1) is 18.7. The summed E-state index contributed by atoms with van der Waals surface area (Å²) in [6.45, 7) is 12.6. The zero-order chi connectivity index (χ0) is 20.3. The predicted molar refractivity (Wildman–Crippen MR) is 108 cm³/mol. The molecule has 2 aliphatic heterocycles. The van der Waals surface area contributed by atoms with E-state index in [2.05, 4.69) is 46.8 Å². The minimum Gasteiger partial charge on any atom is -0.508 e. The molecule has 1 saturated carbocycles. The Morgan fingerprint density at radius 1 is 1.07 bits per heavy atom. The Hall–Kier alpha value is -1.36. The second kappa shape index (κ2) is 5.21. The molecule has 1 aromatic rings. The lowest BCUT2D eigenvalue weighted by Gasteiger charge is -2.59. The maximum Gasteiger partial charge on any atom is 0.199 e. The first-order valence-corrected chi connectivity index (χ1v) is 10.6. The summed E-state index contributed by atoms with van der Waals surface area (Å²) >= 11 is 0. The van der Waals surface area contributed by atoms with Gasteiger partial charge in [0.25, 0.3) is 0 Å². The molecule has 4 nitrogen and oxygen atoms in total. The van der Waals surface area contributed by atoms with Crippen LogP contribution in [0.3, 0.4) is 0 Å². The first-order chi connectivity index (χ1) is 13.0. The lowest BCUT2D eigenvalue weighted by Crippen LogP contribution is -2.64. The van der Waals surface area contributed by atoms with E-state index in [0.29, 0.717) is 11.7 Å². The Morgan fingerprint density at radius 3 is 2.43 bits per heavy atom. The van der Waals surface area contributed by atoms with Crippen LogP contribution in [0.4, 0.5) is 0 Å². The first-order valence-electron chi connectivity index (χ1n) is 10.6. The van der Waals surface area contributed by atoms with Gasteiger partial charge in [-0.15, -0.1) is 0 Å². The van der Waals surface area contributed by atoms with Crippen molar-refractivity contribution in [1.82, 2.24) is 0 Å². The number of aromatic hydroxyl groups is 1. The van der Waals surface area contributed by atoms with Crippen LogP contribution in [0.15, 0.2) is 18.2 Å². The lowest BCUT2D eigenvalue weighted by atomic mass is 9.57. The molecule has 1 aromatic carbocycles. The predicted octanol–water partition coefficient (Wildman–Crippen LogP) is 4.51. The number of ether oxygens (including phenoxy) is 2. The molecule has 7 atom stereocenters. The number of rotatable bonds is 0. The van der Waals surface area contributed by atoms with Crippen LogP contribution in [-0.4, -0.2) is 27.7 Å². The standard InChI is InChI=1S/C24H32O4/c1-13-16-9-11-22(6)17-10-12-23(22,18(16)7-8-19(13)25)28-24(14(17)2)20(26)15(3)21(4,5)27-24/h7-9,11,14-15,17,20,25-26H,10,12H2,1-6H3. The van der Waals surface area contributed by atoms with Gasteiger partial charge in [-0.2, -0.15) is 0 Å². The second-order valence-corrected chi connectivity index (χ2v) is 10.3. The lowest BCUT2D eigenvalue weighted by molar-refractivity contribution is -0.382. The van der Waals surface area contributed by atoms with Crippen LogP contribution in [0.25, 0.3) is 6.08 Å². The molecular formula is C24H32O4. The highest BCUT2D eigenvalue weighted by Crippen LogP contribution is 2.71. The molecule has 1 spiro atoms. The normalized spacial score (nSPS) is 48.0. The van der Waals surface area contributed by atoms with Crippen LogP contribution in [-0.2, 0) is 15.1 Å².